The molecule has 0 radical (unpaired) electrons. The van der Waals surface area contributed by atoms with Crippen molar-refractivity contribution in [1.82, 2.24) is 15.5 Å². The number of ether oxygens (including phenoxy) is 1. The molecule has 2 bridgehead atoms. The maximum Gasteiger partial charge on any atom is 0.224 e. The first-order chi connectivity index (χ1) is 17.0. The van der Waals surface area contributed by atoms with Crippen molar-refractivity contribution in [3.05, 3.63) is 41.5 Å². The number of allylic oxidation sites excluding steroid dienone is 2. The maximum atomic E-state index is 14.4. The van der Waals surface area contributed by atoms with Crippen molar-refractivity contribution in [3.8, 4) is 5.75 Å². The zero-order chi connectivity index (χ0) is 24.6. The normalized spacial score (nSPS) is 28.0. The van der Waals surface area contributed by atoms with Crippen LogP contribution in [0, 0.1) is 40.7 Å². The minimum absolute atomic E-state index is 0.0240. The van der Waals surface area contributed by atoms with E-state index >= 15 is 0 Å². The summed E-state index contributed by atoms with van der Waals surface area (Å²) in [5.41, 5.74) is 0.0764. The van der Waals surface area contributed by atoms with Gasteiger partial charge in [0.15, 0.2) is 11.6 Å². The van der Waals surface area contributed by atoms with Crippen LogP contribution in [0.5, 0.6) is 5.75 Å². The van der Waals surface area contributed by atoms with Gasteiger partial charge in [-0.2, -0.15) is 4.39 Å². The molecule has 1 heterocycles. The molecule has 2 N–H and O–H groups in total. The molecule has 3 fully saturated rings. The number of rotatable bonds is 10. The van der Waals surface area contributed by atoms with Crippen LogP contribution in [0.3, 0.4) is 0 Å². The number of amides is 2. The minimum Gasteiger partial charge on any atom is -0.494 e. The Bertz CT molecular complexity index is 1000. The fourth-order valence-electron chi connectivity index (χ4n) is 6.67. The van der Waals surface area contributed by atoms with E-state index in [4.69, 9.17) is 4.74 Å². The molecular weight excluding hydrogens is 452 g/mol. The number of hydrogen-bond donors (Lipinski definition) is 2. The van der Waals surface area contributed by atoms with E-state index in [1.807, 2.05) is 0 Å². The van der Waals surface area contributed by atoms with E-state index in [9.17, 15) is 18.4 Å². The molecular formula is C27H35F2N3O3. The molecule has 6 nitrogen and oxygen atoms in total. The number of halogens is 2. The number of carbonyl (C=O) groups excluding carboxylic acids is 2. The van der Waals surface area contributed by atoms with Gasteiger partial charge in [-0.15, -0.1) is 0 Å². The van der Waals surface area contributed by atoms with Gasteiger partial charge < -0.3 is 20.3 Å². The predicted octanol–water partition coefficient (Wildman–Crippen LogP) is 3.41. The monoisotopic (exact) mass is 487 g/mol. The maximum absolute atomic E-state index is 14.4. The number of methoxy groups -OCH3 is 1. The first kappa shape index (κ1) is 24.2. The van der Waals surface area contributed by atoms with Crippen LogP contribution in [0.1, 0.15) is 44.1 Å². The van der Waals surface area contributed by atoms with Crippen molar-refractivity contribution in [3.63, 3.8) is 0 Å². The zero-order valence-electron chi connectivity index (χ0n) is 20.3. The summed E-state index contributed by atoms with van der Waals surface area (Å²) in [5.74, 6) is -3.40. The summed E-state index contributed by atoms with van der Waals surface area (Å²) < 4.78 is 33.3. The van der Waals surface area contributed by atoms with Crippen molar-refractivity contribution in [2.75, 3.05) is 33.3 Å². The largest absolute Gasteiger partial charge is 0.494 e. The molecule has 35 heavy (non-hydrogen) atoms. The fraction of sp³-hybridized carbons (Fsp3) is 0.630. The third-order valence-electron chi connectivity index (χ3n) is 8.65. The van der Waals surface area contributed by atoms with Gasteiger partial charge in [-0.25, -0.2) is 4.39 Å². The minimum atomic E-state index is -1.07. The number of unbranched alkanes of at least 4 members (excludes halogenated alkanes) is 1. The Morgan fingerprint density at radius 1 is 1.00 bits per heavy atom. The highest BCUT2D eigenvalue weighted by atomic mass is 19.2. The van der Waals surface area contributed by atoms with E-state index in [1.54, 1.807) is 0 Å². The lowest BCUT2D eigenvalue weighted by Gasteiger charge is -2.26. The molecule has 0 aromatic heterocycles. The van der Waals surface area contributed by atoms with Gasteiger partial charge in [0.1, 0.15) is 0 Å². The van der Waals surface area contributed by atoms with Gasteiger partial charge >= 0.3 is 0 Å². The standard InChI is InChI=1S/C27H35F2N3O3/c1-35-20-9-6-17(23(28)24(20)29)16-31-26(34)22-19-8-7-18(27(19)10-11-27)21(22)25(33)30-12-2-3-13-32-14-4-5-15-32/h6-9,18-19,21-22H,2-5,10-16H2,1H3,(H,30,33)(H,31,34)/t18-,19+,21-,22-/m1/s1. The second-order valence-corrected chi connectivity index (χ2v) is 10.5. The van der Waals surface area contributed by atoms with Crippen LogP contribution >= 0.6 is 0 Å². The van der Waals surface area contributed by atoms with Gasteiger partial charge in [0, 0.05) is 18.7 Å². The highest BCUT2D eigenvalue weighted by Gasteiger charge is 2.69. The summed E-state index contributed by atoms with van der Waals surface area (Å²) in [6, 6.07) is 2.76. The Labute approximate surface area is 205 Å². The first-order valence-electron chi connectivity index (χ1n) is 12.9. The van der Waals surface area contributed by atoms with Crippen molar-refractivity contribution in [2.45, 2.75) is 45.1 Å². The number of carbonyl (C=O) groups is 2. The van der Waals surface area contributed by atoms with Gasteiger partial charge in [-0.05, 0) is 81.5 Å². The molecule has 2 saturated carbocycles. The molecule has 4 aliphatic rings. The Morgan fingerprint density at radius 3 is 2.29 bits per heavy atom. The van der Waals surface area contributed by atoms with E-state index in [0.29, 0.717) is 6.54 Å². The van der Waals surface area contributed by atoms with Crippen molar-refractivity contribution < 1.29 is 23.1 Å². The Balaban J connectivity index is 1.20. The number of benzene rings is 1. The van der Waals surface area contributed by atoms with E-state index in [0.717, 1.165) is 32.2 Å². The number of likely N-dealkylation sites (tertiary alicyclic amines) is 1. The molecule has 1 aromatic carbocycles. The van der Waals surface area contributed by atoms with Crippen LogP contribution in [-0.2, 0) is 16.1 Å². The van der Waals surface area contributed by atoms with E-state index in [2.05, 4.69) is 27.7 Å². The molecule has 5 rings (SSSR count). The smallest absolute Gasteiger partial charge is 0.224 e. The van der Waals surface area contributed by atoms with Crippen molar-refractivity contribution in [2.24, 2.45) is 29.1 Å². The lowest BCUT2D eigenvalue weighted by molar-refractivity contribution is -0.135. The summed E-state index contributed by atoms with van der Waals surface area (Å²) >= 11 is 0. The average Bonchev–Trinajstić information content (AvgIpc) is 3.22. The molecule has 8 heteroatoms. The molecule has 2 amide bonds. The predicted molar refractivity (Wildman–Crippen MR) is 127 cm³/mol. The van der Waals surface area contributed by atoms with Gasteiger partial charge in [-0.1, -0.05) is 18.2 Å². The summed E-state index contributed by atoms with van der Waals surface area (Å²) in [6.45, 7) is 3.90. The van der Waals surface area contributed by atoms with Crippen LogP contribution in [0.4, 0.5) is 8.78 Å². The lowest BCUT2D eigenvalue weighted by atomic mass is 9.81. The van der Waals surface area contributed by atoms with Gasteiger partial charge in [0.2, 0.25) is 17.6 Å². The number of nitrogens with one attached hydrogen (secondary N) is 2. The van der Waals surface area contributed by atoms with Gasteiger partial charge in [0.05, 0.1) is 18.9 Å². The molecule has 190 valence electrons. The third-order valence-corrected chi connectivity index (χ3v) is 8.65. The quantitative estimate of drug-likeness (QED) is 0.392. The lowest BCUT2D eigenvalue weighted by Crippen LogP contribution is -2.44. The van der Waals surface area contributed by atoms with Crippen molar-refractivity contribution in [1.29, 1.82) is 0 Å². The molecule has 1 saturated heterocycles. The average molecular weight is 488 g/mol. The summed E-state index contributed by atoms with van der Waals surface area (Å²) in [5, 5.41) is 5.88. The highest BCUT2D eigenvalue weighted by Crippen LogP contribution is 2.72. The van der Waals surface area contributed by atoms with Crippen molar-refractivity contribution >= 4 is 11.8 Å². The van der Waals surface area contributed by atoms with E-state index in [-0.39, 0.29) is 46.9 Å². The van der Waals surface area contributed by atoms with Gasteiger partial charge in [0.25, 0.3) is 0 Å². The van der Waals surface area contributed by atoms with Crippen LogP contribution in [0.25, 0.3) is 0 Å². The first-order valence-corrected chi connectivity index (χ1v) is 12.9. The Morgan fingerprint density at radius 2 is 1.66 bits per heavy atom. The number of hydrogen-bond acceptors (Lipinski definition) is 4. The summed E-state index contributed by atoms with van der Waals surface area (Å²) in [7, 11) is 1.27. The summed E-state index contributed by atoms with van der Waals surface area (Å²) in [6.07, 6.45) is 10.8. The highest BCUT2D eigenvalue weighted by molar-refractivity contribution is 5.90. The topological polar surface area (TPSA) is 70.7 Å². The molecule has 1 spiro atoms. The molecule has 1 aromatic rings. The third kappa shape index (κ3) is 4.46. The zero-order valence-corrected chi connectivity index (χ0v) is 20.3. The van der Waals surface area contributed by atoms with E-state index in [1.165, 1.54) is 45.2 Å². The molecule has 0 unspecified atom stereocenters. The van der Waals surface area contributed by atoms with Crippen LogP contribution in [0.2, 0.25) is 0 Å². The second-order valence-electron chi connectivity index (χ2n) is 10.5. The Kier molecular flexibility index (Phi) is 6.84. The molecule has 4 atom stereocenters. The number of nitrogens with zero attached hydrogens (tertiary/aromatic N) is 1. The molecule has 1 aliphatic heterocycles. The fourth-order valence-corrected chi connectivity index (χ4v) is 6.67. The van der Waals surface area contributed by atoms with Crippen LogP contribution < -0.4 is 15.4 Å². The van der Waals surface area contributed by atoms with Crippen LogP contribution in [-0.4, -0.2) is 50.0 Å². The van der Waals surface area contributed by atoms with Crippen LogP contribution in [0.15, 0.2) is 24.3 Å². The second kappa shape index (κ2) is 9.88. The van der Waals surface area contributed by atoms with E-state index < -0.39 is 23.5 Å². The Hall–Kier alpha value is -2.48. The summed E-state index contributed by atoms with van der Waals surface area (Å²) in [4.78, 5) is 29.0. The molecule has 3 aliphatic carbocycles. The SMILES string of the molecule is COc1ccc(CNC(=O)[C@H]2[C@H](C(=O)NCCCCN3CCCC3)[C@H]3C=C[C@@H]2C32CC2)c(F)c1F. The van der Waals surface area contributed by atoms with Gasteiger partial charge in [-0.3, -0.25) is 9.59 Å².